The van der Waals surface area contributed by atoms with Crippen LogP contribution in [0.2, 0.25) is 5.02 Å². The van der Waals surface area contributed by atoms with Gasteiger partial charge in [-0.15, -0.1) is 0 Å². The molecule has 1 aromatic carbocycles. The van der Waals surface area contributed by atoms with Gasteiger partial charge in [-0.2, -0.15) is 0 Å². The van der Waals surface area contributed by atoms with Crippen LogP contribution in [0.25, 0.3) is 0 Å². The highest BCUT2D eigenvalue weighted by molar-refractivity contribution is 6.45. The summed E-state index contributed by atoms with van der Waals surface area (Å²) >= 11 is 5.87. The Morgan fingerprint density at radius 3 is 2.06 bits per heavy atom. The molecule has 6 heteroatoms. The van der Waals surface area contributed by atoms with Gasteiger partial charge in [0.15, 0.2) is 11.5 Å². The van der Waals surface area contributed by atoms with E-state index in [0.29, 0.717) is 11.5 Å². The summed E-state index contributed by atoms with van der Waals surface area (Å²) in [5, 5.41) is 0.0954. The number of carbonyl (C=O) groups excluding carboxylic acids is 2. The van der Waals surface area contributed by atoms with Crippen LogP contribution in [0.4, 0.5) is 0 Å². The zero-order valence-electron chi connectivity index (χ0n) is 9.57. The number of ether oxygens (including phenoxy) is 3. The second-order valence-electron chi connectivity index (χ2n) is 3.01. The third-order valence-electron chi connectivity index (χ3n) is 2.09. The van der Waals surface area contributed by atoms with Gasteiger partial charge in [0.05, 0.1) is 31.9 Å². The van der Waals surface area contributed by atoms with Gasteiger partial charge in [0.1, 0.15) is 0 Å². The number of rotatable bonds is 4. The van der Waals surface area contributed by atoms with Crippen molar-refractivity contribution >= 4 is 23.4 Å². The molecule has 1 rings (SSSR count). The normalized spacial score (nSPS) is 9.65. The Labute approximate surface area is 103 Å². The van der Waals surface area contributed by atoms with E-state index >= 15 is 0 Å². The van der Waals surface area contributed by atoms with E-state index in [1.165, 1.54) is 26.4 Å². The van der Waals surface area contributed by atoms with E-state index in [9.17, 15) is 9.59 Å². The van der Waals surface area contributed by atoms with Crippen molar-refractivity contribution in [2.75, 3.05) is 21.3 Å². The molecule has 5 nitrogen and oxygen atoms in total. The second-order valence-corrected chi connectivity index (χ2v) is 3.41. The summed E-state index contributed by atoms with van der Waals surface area (Å²) in [5.41, 5.74) is 0.0103. The third kappa shape index (κ3) is 2.68. The molecule has 0 aliphatic carbocycles. The van der Waals surface area contributed by atoms with Crippen molar-refractivity contribution in [2.45, 2.75) is 0 Å². The van der Waals surface area contributed by atoms with E-state index in [2.05, 4.69) is 4.74 Å². The molecule has 0 saturated carbocycles. The smallest absolute Gasteiger partial charge is 0.379 e. The molecule has 0 atom stereocenters. The van der Waals surface area contributed by atoms with Crippen LogP contribution in [0.3, 0.4) is 0 Å². The van der Waals surface area contributed by atoms with Gasteiger partial charge in [0.2, 0.25) is 0 Å². The number of methoxy groups -OCH3 is 3. The van der Waals surface area contributed by atoms with E-state index < -0.39 is 11.8 Å². The Bertz CT molecular complexity index is 455. The van der Waals surface area contributed by atoms with Crippen molar-refractivity contribution in [3.63, 3.8) is 0 Å². The molecule has 0 heterocycles. The molecule has 0 aliphatic heterocycles. The molecule has 17 heavy (non-hydrogen) atoms. The SMILES string of the molecule is COC(=O)C(=O)c1cc(OC)c(OC)cc1Cl. The van der Waals surface area contributed by atoms with Gasteiger partial charge in [-0.05, 0) is 6.07 Å². The van der Waals surface area contributed by atoms with Crippen molar-refractivity contribution in [1.29, 1.82) is 0 Å². The van der Waals surface area contributed by atoms with Crippen LogP contribution in [0, 0.1) is 0 Å². The number of esters is 1. The summed E-state index contributed by atoms with van der Waals surface area (Å²) < 4.78 is 14.3. The van der Waals surface area contributed by atoms with Gasteiger partial charge in [-0.25, -0.2) is 4.79 Å². The largest absolute Gasteiger partial charge is 0.493 e. The lowest BCUT2D eigenvalue weighted by molar-refractivity contribution is -0.135. The molecule has 0 radical (unpaired) electrons. The van der Waals surface area contributed by atoms with Gasteiger partial charge in [0.25, 0.3) is 5.78 Å². The minimum absolute atomic E-state index is 0.0103. The maximum absolute atomic E-state index is 11.6. The first-order valence-corrected chi connectivity index (χ1v) is 4.97. The average molecular weight is 259 g/mol. The minimum atomic E-state index is -0.987. The molecule has 0 amide bonds. The Morgan fingerprint density at radius 2 is 1.59 bits per heavy atom. The molecule has 0 saturated heterocycles. The molecular formula is C11H11ClO5. The van der Waals surface area contributed by atoms with Crippen LogP contribution in [0.5, 0.6) is 11.5 Å². The lowest BCUT2D eigenvalue weighted by Gasteiger charge is -2.10. The summed E-state index contributed by atoms with van der Waals surface area (Å²) in [6, 6.07) is 2.73. The zero-order valence-corrected chi connectivity index (χ0v) is 10.3. The maximum atomic E-state index is 11.6. The van der Waals surface area contributed by atoms with E-state index in [1.807, 2.05) is 0 Å². The molecule has 92 valence electrons. The molecule has 0 bridgehead atoms. The highest BCUT2D eigenvalue weighted by atomic mass is 35.5. The average Bonchev–Trinajstić information content (AvgIpc) is 2.36. The fourth-order valence-corrected chi connectivity index (χ4v) is 1.47. The number of ketones is 1. The third-order valence-corrected chi connectivity index (χ3v) is 2.40. The summed E-state index contributed by atoms with van der Waals surface area (Å²) in [5.74, 6) is -1.14. The van der Waals surface area contributed by atoms with Crippen LogP contribution in [-0.4, -0.2) is 33.1 Å². The lowest BCUT2D eigenvalue weighted by atomic mass is 10.1. The standard InChI is InChI=1S/C11H11ClO5/c1-15-8-4-6(10(13)11(14)17-3)7(12)5-9(8)16-2/h4-5H,1-3H3. The van der Waals surface area contributed by atoms with Crippen LogP contribution in [-0.2, 0) is 9.53 Å². The number of halogens is 1. The number of Topliss-reactive ketones (excluding diaryl/α,β-unsaturated/α-hetero) is 1. The van der Waals surface area contributed by atoms with Gasteiger partial charge < -0.3 is 14.2 Å². The first-order valence-electron chi connectivity index (χ1n) is 4.59. The Hall–Kier alpha value is -1.75. The summed E-state index contributed by atoms with van der Waals surface area (Å²) in [4.78, 5) is 22.7. The van der Waals surface area contributed by atoms with E-state index in [0.717, 1.165) is 7.11 Å². The fraction of sp³-hybridized carbons (Fsp3) is 0.273. The van der Waals surface area contributed by atoms with Crippen LogP contribution in [0.1, 0.15) is 10.4 Å². The minimum Gasteiger partial charge on any atom is -0.493 e. The van der Waals surface area contributed by atoms with Crippen LogP contribution < -0.4 is 9.47 Å². The van der Waals surface area contributed by atoms with Gasteiger partial charge in [0, 0.05) is 6.07 Å². The van der Waals surface area contributed by atoms with Crippen molar-refractivity contribution in [2.24, 2.45) is 0 Å². The Kier molecular flexibility index (Phi) is 4.34. The lowest BCUT2D eigenvalue weighted by Crippen LogP contribution is -2.16. The highest BCUT2D eigenvalue weighted by Crippen LogP contribution is 2.33. The quantitative estimate of drug-likeness (QED) is 0.467. The fourth-order valence-electron chi connectivity index (χ4n) is 1.23. The van der Waals surface area contributed by atoms with Gasteiger partial charge in [-0.1, -0.05) is 11.6 Å². The van der Waals surface area contributed by atoms with Crippen molar-refractivity contribution < 1.29 is 23.8 Å². The van der Waals surface area contributed by atoms with Crippen LogP contribution in [0.15, 0.2) is 12.1 Å². The van der Waals surface area contributed by atoms with Crippen molar-refractivity contribution in [3.05, 3.63) is 22.7 Å². The second kappa shape index (κ2) is 5.54. The predicted molar refractivity (Wildman–Crippen MR) is 60.9 cm³/mol. The molecule has 0 aliphatic rings. The molecule has 1 aromatic rings. The van der Waals surface area contributed by atoms with E-state index in [4.69, 9.17) is 21.1 Å². The summed E-state index contributed by atoms with van der Waals surface area (Å²) in [7, 11) is 3.98. The van der Waals surface area contributed by atoms with Crippen molar-refractivity contribution in [1.82, 2.24) is 0 Å². The Balaban J connectivity index is 3.26. The monoisotopic (exact) mass is 258 g/mol. The first-order chi connectivity index (χ1) is 8.04. The molecule has 0 spiro atoms. The van der Waals surface area contributed by atoms with E-state index in [1.54, 1.807) is 0 Å². The molecule has 0 fully saturated rings. The molecular weight excluding hydrogens is 248 g/mol. The van der Waals surface area contributed by atoms with Gasteiger partial charge in [-0.3, -0.25) is 4.79 Å². The Morgan fingerprint density at radius 1 is 1.06 bits per heavy atom. The predicted octanol–water partition coefficient (Wildman–Crippen LogP) is 1.71. The number of hydrogen-bond donors (Lipinski definition) is 0. The number of benzene rings is 1. The molecule has 0 aromatic heterocycles. The van der Waals surface area contributed by atoms with Gasteiger partial charge >= 0.3 is 5.97 Å². The maximum Gasteiger partial charge on any atom is 0.379 e. The molecule has 0 N–H and O–H groups in total. The summed E-state index contributed by atoms with van der Waals surface area (Å²) in [6.45, 7) is 0. The van der Waals surface area contributed by atoms with E-state index in [-0.39, 0.29) is 10.6 Å². The topological polar surface area (TPSA) is 61.8 Å². The van der Waals surface area contributed by atoms with Crippen molar-refractivity contribution in [3.8, 4) is 11.5 Å². The first kappa shape index (κ1) is 13.3. The van der Waals surface area contributed by atoms with Crippen LogP contribution >= 0.6 is 11.6 Å². The highest BCUT2D eigenvalue weighted by Gasteiger charge is 2.22. The number of hydrogen-bond acceptors (Lipinski definition) is 5. The zero-order chi connectivity index (χ0) is 13.0. The number of carbonyl (C=O) groups is 2. The summed E-state index contributed by atoms with van der Waals surface area (Å²) in [6.07, 6.45) is 0. The molecule has 0 unspecified atom stereocenters.